The maximum absolute atomic E-state index is 13.9. The van der Waals surface area contributed by atoms with Crippen molar-refractivity contribution in [1.82, 2.24) is 20.2 Å². The summed E-state index contributed by atoms with van der Waals surface area (Å²) in [6.45, 7) is 5.62. The van der Waals surface area contributed by atoms with Crippen molar-refractivity contribution in [3.63, 3.8) is 0 Å². The van der Waals surface area contributed by atoms with E-state index in [1.54, 1.807) is 13.0 Å². The van der Waals surface area contributed by atoms with Crippen LogP contribution < -0.4 is 20.9 Å². The van der Waals surface area contributed by atoms with Crippen molar-refractivity contribution in [1.29, 1.82) is 0 Å². The molecule has 32 heavy (non-hydrogen) atoms. The van der Waals surface area contributed by atoms with E-state index in [2.05, 4.69) is 15.6 Å². The fourth-order valence-corrected chi connectivity index (χ4v) is 4.19. The van der Waals surface area contributed by atoms with Gasteiger partial charge in [-0.25, -0.2) is 9.18 Å². The highest BCUT2D eigenvalue weighted by molar-refractivity contribution is 6.31. The van der Waals surface area contributed by atoms with Gasteiger partial charge in [0.25, 0.3) is 5.56 Å². The van der Waals surface area contributed by atoms with Gasteiger partial charge in [-0.05, 0) is 56.9 Å². The van der Waals surface area contributed by atoms with Crippen molar-refractivity contribution in [3.05, 3.63) is 56.3 Å². The fourth-order valence-electron chi connectivity index (χ4n) is 4.00. The second-order valence-corrected chi connectivity index (χ2v) is 8.79. The van der Waals surface area contributed by atoms with Crippen LogP contribution in [0.4, 0.5) is 9.18 Å². The van der Waals surface area contributed by atoms with E-state index in [-0.39, 0.29) is 47.7 Å². The summed E-state index contributed by atoms with van der Waals surface area (Å²) in [7, 11) is 0. The first kappa shape index (κ1) is 24.0. The van der Waals surface area contributed by atoms with Gasteiger partial charge in [-0.3, -0.25) is 9.36 Å². The second kappa shape index (κ2) is 10.8. The summed E-state index contributed by atoms with van der Waals surface area (Å²) in [4.78, 5) is 29.1. The van der Waals surface area contributed by atoms with Gasteiger partial charge in [0.2, 0.25) is 5.88 Å². The highest BCUT2D eigenvalue weighted by Crippen LogP contribution is 2.22. The molecule has 0 aliphatic heterocycles. The number of hydrogen-bond donors (Lipinski definition) is 2. The molecule has 1 aromatic carbocycles. The van der Waals surface area contributed by atoms with E-state index in [1.165, 1.54) is 23.1 Å². The van der Waals surface area contributed by atoms with Crippen LogP contribution in [-0.2, 0) is 13.2 Å². The van der Waals surface area contributed by atoms with Crippen LogP contribution in [0.1, 0.15) is 68.9 Å². The van der Waals surface area contributed by atoms with Gasteiger partial charge in [0.05, 0.1) is 0 Å². The molecule has 3 rings (SSSR count). The van der Waals surface area contributed by atoms with Crippen LogP contribution in [0.25, 0.3) is 0 Å². The number of nitrogens with one attached hydrogen (secondary N) is 2. The summed E-state index contributed by atoms with van der Waals surface area (Å²) in [5.41, 5.74) is 0.865. The molecule has 7 nitrogen and oxygen atoms in total. The van der Waals surface area contributed by atoms with Gasteiger partial charge < -0.3 is 15.4 Å². The lowest BCUT2D eigenvalue weighted by molar-refractivity contribution is 0.232. The summed E-state index contributed by atoms with van der Waals surface area (Å²) in [6.07, 6.45) is 5.41. The number of halogens is 2. The lowest BCUT2D eigenvalue weighted by atomic mass is 9.96. The summed E-state index contributed by atoms with van der Waals surface area (Å²) >= 11 is 6.19. The van der Waals surface area contributed by atoms with Gasteiger partial charge in [-0.2, -0.15) is 4.98 Å². The van der Waals surface area contributed by atoms with Crippen LogP contribution in [0.5, 0.6) is 5.88 Å². The standard InChI is InChI=1S/C23H30ClFN4O3/c1-14(2)29-15(3)27-21(20(24)22(29)30)32-13-16-9-10-18(25)11-17(16)12-26-23(31)28-19-7-5-4-6-8-19/h9-11,14,19H,4-8,12-13H2,1-3H3,(H2,26,28,31). The van der Waals surface area contributed by atoms with Crippen molar-refractivity contribution in [2.24, 2.45) is 0 Å². The minimum atomic E-state index is -0.412. The molecule has 0 bridgehead atoms. The molecular formula is C23H30ClFN4O3. The predicted octanol–water partition coefficient (Wildman–Crippen LogP) is 4.64. The molecule has 1 heterocycles. The number of rotatable bonds is 7. The summed E-state index contributed by atoms with van der Waals surface area (Å²) in [5.74, 6) is 0.110. The molecule has 1 saturated carbocycles. The van der Waals surface area contributed by atoms with Crippen molar-refractivity contribution >= 4 is 17.6 Å². The highest BCUT2D eigenvalue weighted by atomic mass is 35.5. The molecule has 0 saturated heterocycles. The van der Waals surface area contributed by atoms with Crippen molar-refractivity contribution in [2.75, 3.05) is 0 Å². The zero-order valence-electron chi connectivity index (χ0n) is 18.7. The van der Waals surface area contributed by atoms with Crippen LogP contribution in [0.15, 0.2) is 23.0 Å². The number of carbonyl (C=O) groups excluding carboxylic acids is 1. The van der Waals surface area contributed by atoms with Gasteiger partial charge in [-0.1, -0.05) is 36.9 Å². The molecule has 1 aromatic heterocycles. The molecule has 2 aromatic rings. The molecule has 1 fully saturated rings. The third-order valence-electron chi connectivity index (χ3n) is 5.64. The second-order valence-electron chi connectivity index (χ2n) is 8.41. The maximum Gasteiger partial charge on any atom is 0.315 e. The first-order valence-corrected chi connectivity index (χ1v) is 11.4. The average molecular weight is 465 g/mol. The predicted molar refractivity (Wildman–Crippen MR) is 122 cm³/mol. The number of benzene rings is 1. The van der Waals surface area contributed by atoms with Gasteiger partial charge >= 0.3 is 6.03 Å². The van der Waals surface area contributed by atoms with Crippen molar-refractivity contribution in [2.45, 2.75) is 78.1 Å². The first-order valence-electron chi connectivity index (χ1n) is 11.0. The monoisotopic (exact) mass is 464 g/mol. The first-order chi connectivity index (χ1) is 15.3. The van der Waals surface area contributed by atoms with Crippen LogP contribution in [0.2, 0.25) is 5.02 Å². The van der Waals surface area contributed by atoms with E-state index in [1.807, 2.05) is 13.8 Å². The van der Waals surface area contributed by atoms with Crippen molar-refractivity contribution in [3.8, 4) is 5.88 Å². The molecule has 0 radical (unpaired) electrons. The van der Waals surface area contributed by atoms with E-state index in [4.69, 9.17) is 16.3 Å². The number of hydrogen-bond acceptors (Lipinski definition) is 4. The number of carbonyl (C=O) groups is 1. The minimum absolute atomic E-state index is 0.0266. The Morgan fingerprint density at radius 2 is 2.00 bits per heavy atom. The SMILES string of the molecule is Cc1nc(OCc2ccc(F)cc2CNC(=O)NC2CCCCC2)c(Cl)c(=O)n1C(C)C. The van der Waals surface area contributed by atoms with Gasteiger partial charge in [0, 0.05) is 18.6 Å². The zero-order valence-corrected chi connectivity index (χ0v) is 19.5. The number of aryl methyl sites for hydroxylation is 1. The Morgan fingerprint density at radius 3 is 2.69 bits per heavy atom. The molecular weight excluding hydrogens is 435 g/mol. The molecule has 0 unspecified atom stereocenters. The smallest absolute Gasteiger partial charge is 0.315 e. The highest BCUT2D eigenvalue weighted by Gasteiger charge is 2.18. The van der Waals surface area contributed by atoms with Crippen LogP contribution in [0, 0.1) is 12.7 Å². The Balaban J connectivity index is 1.68. The molecule has 2 N–H and O–H groups in total. The summed E-state index contributed by atoms with van der Waals surface area (Å²) in [5, 5.41) is 5.67. The van der Waals surface area contributed by atoms with Crippen molar-refractivity contribution < 1.29 is 13.9 Å². The van der Waals surface area contributed by atoms with Gasteiger partial charge in [-0.15, -0.1) is 0 Å². The number of amides is 2. The largest absolute Gasteiger partial charge is 0.472 e. The molecule has 0 atom stereocenters. The van der Waals surface area contributed by atoms with Gasteiger partial charge in [0.15, 0.2) is 5.02 Å². The minimum Gasteiger partial charge on any atom is -0.472 e. The Labute approximate surface area is 192 Å². The van der Waals surface area contributed by atoms with Gasteiger partial charge in [0.1, 0.15) is 18.2 Å². The van der Waals surface area contributed by atoms with Crippen LogP contribution >= 0.6 is 11.6 Å². The quantitative estimate of drug-likeness (QED) is 0.625. The third-order valence-corrected chi connectivity index (χ3v) is 5.96. The number of aromatic nitrogens is 2. The lowest BCUT2D eigenvalue weighted by Gasteiger charge is -2.23. The molecule has 0 spiro atoms. The summed E-state index contributed by atoms with van der Waals surface area (Å²) in [6, 6.07) is 4.09. The summed E-state index contributed by atoms with van der Waals surface area (Å²) < 4.78 is 21.1. The van der Waals surface area contributed by atoms with E-state index in [0.29, 0.717) is 17.0 Å². The zero-order chi connectivity index (χ0) is 23.3. The molecule has 9 heteroatoms. The fraction of sp³-hybridized carbons (Fsp3) is 0.522. The van der Waals surface area contributed by atoms with E-state index in [0.717, 1.165) is 25.7 Å². The van der Waals surface area contributed by atoms with E-state index in [9.17, 15) is 14.0 Å². The Bertz CT molecular complexity index is 1020. The Hall–Kier alpha value is -2.61. The average Bonchev–Trinajstić information content (AvgIpc) is 2.75. The number of urea groups is 1. The van der Waals surface area contributed by atoms with E-state index >= 15 is 0 Å². The lowest BCUT2D eigenvalue weighted by Crippen LogP contribution is -2.42. The third kappa shape index (κ3) is 6.00. The molecule has 1 aliphatic rings. The van der Waals surface area contributed by atoms with E-state index < -0.39 is 5.82 Å². The number of nitrogens with zero attached hydrogens (tertiary/aromatic N) is 2. The molecule has 2 amide bonds. The Morgan fingerprint density at radius 1 is 1.28 bits per heavy atom. The van der Waals surface area contributed by atoms with Crippen LogP contribution in [-0.4, -0.2) is 21.6 Å². The number of ether oxygens (including phenoxy) is 1. The normalized spacial score (nSPS) is 14.4. The Kier molecular flexibility index (Phi) is 8.12. The molecule has 174 valence electrons. The molecule has 1 aliphatic carbocycles. The maximum atomic E-state index is 13.9. The van der Waals surface area contributed by atoms with Crippen LogP contribution in [0.3, 0.4) is 0 Å². The topological polar surface area (TPSA) is 85.2 Å².